The molecule has 0 aliphatic carbocycles. The summed E-state index contributed by atoms with van der Waals surface area (Å²) in [6, 6.07) is 12.9. The van der Waals surface area contributed by atoms with Gasteiger partial charge >= 0.3 is 5.97 Å². The van der Waals surface area contributed by atoms with Gasteiger partial charge in [-0.1, -0.05) is 23.7 Å². The van der Waals surface area contributed by atoms with Crippen molar-refractivity contribution in [2.75, 3.05) is 30.9 Å². The zero-order chi connectivity index (χ0) is 35.3. The normalized spacial score (nSPS) is 14.3. The molecular formula is C34H33ClFN7O6. The highest BCUT2D eigenvalue weighted by Gasteiger charge is 2.36. The van der Waals surface area contributed by atoms with Crippen LogP contribution in [0.15, 0.2) is 67.0 Å². The van der Waals surface area contributed by atoms with Crippen LogP contribution < -0.4 is 10.6 Å². The van der Waals surface area contributed by atoms with Crippen molar-refractivity contribution in [2.24, 2.45) is 0 Å². The van der Waals surface area contributed by atoms with Gasteiger partial charge in [0.15, 0.2) is 5.82 Å². The molecule has 0 saturated carbocycles. The summed E-state index contributed by atoms with van der Waals surface area (Å²) in [5.41, 5.74) is 1.80. The van der Waals surface area contributed by atoms with Crippen LogP contribution in [0.2, 0.25) is 5.02 Å². The molecule has 0 bridgehead atoms. The number of nitrogens with zero attached hydrogens (tertiary/aromatic N) is 5. The number of methoxy groups -OCH3 is 1. The maximum atomic E-state index is 15.2. The van der Waals surface area contributed by atoms with Gasteiger partial charge in [-0.05, 0) is 97.3 Å². The molecule has 5 rings (SSSR count). The Hall–Kier alpha value is -5.47. The van der Waals surface area contributed by atoms with E-state index in [2.05, 4.69) is 26.2 Å². The second kappa shape index (κ2) is 14.7. The number of hydrogen-bond donors (Lipinski definition) is 2. The van der Waals surface area contributed by atoms with Crippen molar-refractivity contribution in [3.8, 4) is 5.69 Å². The van der Waals surface area contributed by atoms with Crippen LogP contribution in [0.5, 0.6) is 0 Å². The molecule has 0 spiro atoms. The molecule has 0 radical (unpaired) electrons. The van der Waals surface area contributed by atoms with Gasteiger partial charge in [0.25, 0.3) is 5.91 Å². The Morgan fingerprint density at radius 1 is 1.06 bits per heavy atom. The zero-order valence-corrected chi connectivity index (χ0v) is 27.8. The quantitative estimate of drug-likeness (QED) is 0.187. The summed E-state index contributed by atoms with van der Waals surface area (Å²) in [7, 11) is 1.40. The first kappa shape index (κ1) is 34.9. The Morgan fingerprint density at radius 3 is 2.49 bits per heavy atom. The maximum absolute atomic E-state index is 15.2. The molecule has 13 nitrogen and oxygen atoms in total. The number of tetrazole rings is 1. The van der Waals surface area contributed by atoms with Crippen molar-refractivity contribution in [3.63, 3.8) is 0 Å². The SMILES string of the molecule is COCC(=O)Nc1cccc2c1CCN(C(=O)/C=C/c1c(-n3cnnn3)ccc(Cl)c1F)C2C(=O)Nc1ccc(C(=O)OC(C)(C)C)cc1. The van der Waals surface area contributed by atoms with Crippen LogP contribution in [-0.4, -0.2) is 74.7 Å². The first-order valence-corrected chi connectivity index (χ1v) is 15.5. The fraction of sp³-hybridized carbons (Fsp3) is 0.265. The van der Waals surface area contributed by atoms with E-state index in [1.807, 2.05) is 0 Å². The van der Waals surface area contributed by atoms with Crippen LogP contribution >= 0.6 is 11.6 Å². The van der Waals surface area contributed by atoms with Crippen LogP contribution in [-0.2, 0) is 30.3 Å². The Labute approximate surface area is 286 Å². The number of carbonyl (C=O) groups is 4. The van der Waals surface area contributed by atoms with Gasteiger partial charge in [0.05, 0.1) is 16.3 Å². The number of anilines is 2. The van der Waals surface area contributed by atoms with Crippen molar-refractivity contribution < 1.29 is 33.0 Å². The number of hydrogen-bond acceptors (Lipinski definition) is 9. The molecule has 1 aliphatic heterocycles. The Morgan fingerprint density at radius 2 is 1.82 bits per heavy atom. The molecule has 1 atom stereocenters. The lowest BCUT2D eigenvalue weighted by atomic mass is 9.90. The van der Waals surface area contributed by atoms with Crippen molar-refractivity contribution in [1.82, 2.24) is 25.1 Å². The van der Waals surface area contributed by atoms with E-state index in [1.165, 1.54) is 53.4 Å². The maximum Gasteiger partial charge on any atom is 0.338 e. The Bertz CT molecular complexity index is 1910. The lowest BCUT2D eigenvalue weighted by molar-refractivity contribution is -0.135. The lowest BCUT2D eigenvalue weighted by Crippen LogP contribution is -2.45. The van der Waals surface area contributed by atoms with Crippen molar-refractivity contribution in [2.45, 2.75) is 38.8 Å². The summed E-state index contributed by atoms with van der Waals surface area (Å²) < 4.78 is 26.8. The second-order valence-electron chi connectivity index (χ2n) is 12.0. The smallest absolute Gasteiger partial charge is 0.338 e. The zero-order valence-electron chi connectivity index (χ0n) is 27.1. The van der Waals surface area contributed by atoms with Crippen LogP contribution in [0.3, 0.4) is 0 Å². The molecule has 3 aromatic carbocycles. The number of nitrogens with one attached hydrogen (secondary N) is 2. The van der Waals surface area contributed by atoms with Gasteiger partial charge in [0.2, 0.25) is 11.8 Å². The van der Waals surface area contributed by atoms with E-state index in [4.69, 9.17) is 21.1 Å². The topological polar surface area (TPSA) is 158 Å². The summed E-state index contributed by atoms with van der Waals surface area (Å²) in [6.07, 6.45) is 3.97. The van der Waals surface area contributed by atoms with Crippen molar-refractivity contribution >= 4 is 52.7 Å². The fourth-order valence-electron chi connectivity index (χ4n) is 5.30. The lowest BCUT2D eigenvalue weighted by Gasteiger charge is -2.36. The van der Waals surface area contributed by atoms with Gasteiger partial charge in [-0.25, -0.2) is 9.18 Å². The van der Waals surface area contributed by atoms with Crippen LogP contribution in [0, 0.1) is 5.82 Å². The third-order valence-electron chi connectivity index (χ3n) is 7.39. The average molecular weight is 690 g/mol. The number of aromatic nitrogens is 4. The van der Waals surface area contributed by atoms with Crippen molar-refractivity contribution in [3.05, 3.63) is 100 Å². The van der Waals surface area contributed by atoms with Gasteiger partial charge in [-0.15, -0.1) is 5.10 Å². The van der Waals surface area contributed by atoms with E-state index in [9.17, 15) is 19.2 Å². The summed E-state index contributed by atoms with van der Waals surface area (Å²) in [4.78, 5) is 54.1. The molecule has 1 aromatic heterocycles. The molecule has 0 saturated heterocycles. The number of carbonyl (C=O) groups excluding carboxylic acids is 4. The van der Waals surface area contributed by atoms with Crippen LogP contribution in [0.1, 0.15) is 53.9 Å². The molecule has 1 unspecified atom stereocenters. The highest BCUT2D eigenvalue weighted by atomic mass is 35.5. The van der Waals surface area contributed by atoms with Gasteiger partial charge in [0, 0.05) is 36.7 Å². The predicted molar refractivity (Wildman–Crippen MR) is 179 cm³/mol. The third kappa shape index (κ3) is 8.16. The third-order valence-corrected chi connectivity index (χ3v) is 7.68. The van der Waals surface area contributed by atoms with E-state index >= 15 is 4.39 Å². The van der Waals surface area contributed by atoms with Crippen molar-refractivity contribution in [1.29, 1.82) is 0 Å². The van der Waals surface area contributed by atoms with Crippen LogP contribution in [0.4, 0.5) is 15.8 Å². The van der Waals surface area contributed by atoms with E-state index < -0.39 is 35.2 Å². The molecule has 4 aromatic rings. The average Bonchev–Trinajstić information content (AvgIpc) is 3.59. The first-order chi connectivity index (χ1) is 23.4. The molecule has 254 valence electrons. The van der Waals surface area contributed by atoms with E-state index in [0.717, 1.165) is 6.08 Å². The standard InChI is InChI=1S/C34H33ClFN7O6/c1-34(2,3)49-33(47)20-8-10-21(11-9-20)38-32(46)31-23-6-5-7-26(39-28(44)18-48-4)22(23)16-17-42(31)29(45)15-12-24-27(43-19-37-40-41-43)14-13-25(35)30(24)36/h5-15,19,31H,16-18H2,1-4H3,(H,38,46)(H,39,44)/b15-12+. The van der Waals surface area contributed by atoms with E-state index in [1.54, 1.807) is 51.1 Å². The first-order valence-electron chi connectivity index (χ1n) is 15.1. The molecule has 49 heavy (non-hydrogen) atoms. The molecule has 0 fully saturated rings. The number of benzene rings is 3. The van der Waals surface area contributed by atoms with Gasteiger partial charge in [0.1, 0.15) is 24.6 Å². The van der Waals surface area contributed by atoms with E-state index in [-0.39, 0.29) is 35.3 Å². The Balaban J connectivity index is 1.47. The molecular weight excluding hydrogens is 657 g/mol. The van der Waals surface area contributed by atoms with Crippen LogP contribution in [0.25, 0.3) is 11.8 Å². The number of rotatable bonds is 9. The minimum atomic E-state index is -1.16. The summed E-state index contributed by atoms with van der Waals surface area (Å²) in [5, 5.41) is 16.4. The monoisotopic (exact) mass is 689 g/mol. The summed E-state index contributed by atoms with van der Waals surface area (Å²) in [6.45, 7) is 5.20. The van der Waals surface area contributed by atoms with E-state index in [0.29, 0.717) is 34.5 Å². The summed E-state index contributed by atoms with van der Waals surface area (Å²) in [5.74, 6) is -2.84. The molecule has 2 N–H and O–H groups in total. The number of fused-ring (bicyclic) bond motifs is 1. The molecule has 1 aliphatic rings. The Kier molecular flexibility index (Phi) is 10.5. The van der Waals surface area contributed by atoms with Gasteiger partial charge < -0.3 is 25.0 Å². The minimum Gasteiger partial charge on any atom is -0.456 e. The number of halogens is 2. The highest BCUT2D eigenvalue weighted by Crippen LogP contribution is 2.36. The minimum absolute atomic E-state index is 0.0419. The summed E-state index contributed by atoms with van der Waals surface area (Å²) >= 11 is 6.05. The van der Waals surface area contributed by atoms with Gasteiger partial charge in [-0.3, -0.25) is 14.4 Å². The van der Waals surface area contributed by atoms with Gasteiger partial charge in [-0.2, -0.15) is 4.68 Å². The molecule has 15 heteroatoms. The predicted octanol–water partition coefficient (Wildman–Crippen LogP) is 4.77. The highest BCUT2D eigenvalue weighted by molar-refractivity contribution is 6.31. The second-order valence-corrected chi connectivity index (χ2v) is 12.4. The fourth-order valence-corrected chi connectivity index (χ4v) is 5.46. The largest absolute Gasteiger partial charge is 0.456 e. The molecule has 3 amide bonds. The number of ether oxygens (including phenoxy) is 2. The number of esters is 1. The number of amides is 3. The molecule has 2 heterocycles.